The molecule has 0 spiro atoms. The molecule has 1 amide bonds. The Morgan fingerprint density at radius 1 is 1.07 bits per heavy atom. The number of sulfonamides is 1. The number of unbranched alkanes of at least 4 members (excludes halogenated alkanes) is 1. The van der Waals surface area contributed by atoms with Crippen LogP contribution in [0.25, 0.3) is 0 Å². The van der Waals surface area contributed by atoms with Gasteiger partial charge in [0.25, 0.3) is 0 Å². The van der Waals surface area contributed by atoms with Gasteiger partial charge in [0.1, 0.15) is 6.54 Å². The Kier molecular flexibility index (Phi) is 7.34. The lowest BCUT2D eigenvalue weighted by Crippen LogP contribution is -2.37. The lowest BCUT2D eigenvalue weighted by atomic mass is 10.1. The maximum absolute atomic E-state index is 12.4. The van der Waals surface area contributed by atoms with E-state index in [1.54, 1.807) is 18.2 Å². The summed E-state index contributed by atoms with van der Waals surface area (Å²) in [5, 5.41) is 2.72. The van der Waals surface area contributed by atoms with Crippen LogP contribution < -0.4 is 9.62 Å². The summed E-state index contributed by atoms with van der Waals surface area (Å²) in [6.07, 6.45) is 4.24. The quantitative estimate of drug-likeness (QED) is 0.649. The number of hydrogen-bond donors (Lipinski definition) is 1. The van der Waals surface area contributed by atoms with Gasteiger partial charge < -0.3 is 5.32 Å². The summed E-state index contributed by atoms with van der Waals surface area (Å²) in [5.74, 6) is -0.636. The topological polar surface area (TPSA) is 83.6 Å². The molecule has 0 aliphatic carbocycles. The number of hydrogen-bond acceptors (Lipinski definition) is 4. The third kappa shape index (κ3) is 6.20. The number of rotatable bonds is 9. The molecule has 0 saturated carbocycles. The van der Waals surface area contributed by atoms with E-state index in [1.807, 2.05) is 24.3 Å². The number of carbonyl (C=O) groups excluding carboxylic acids is 2. The van der Waals surface area contributed by atoms with Gasteiger partial charge in [-0.2, -0.15) is 0 Å². The number of carbonyl (C=O) groups is 2. The highest BCUT2D eigenvalue weighted by Gasteiger charge is 2.21. The molecule has 0 atom stereocenters. The fourth-order valence-electron chi connectivity index (χ4n) is 2.75. The van der Waals surface area contributed by atoms with Crippen LogP contribution in [-0.2, 0) is 21.2 Å². The SMILES string of the molecule is CCCCc1ccc(NC(=O)CN(c2cccc(C(C)=O)c2)S(C)(=O)=O)cc1. The standard InChI is InChI=1S/C21H26N2O4S/c1-4-5-7-17-10-12-19(13-11-17)22-21(25)15-23(28(3,26)27)20-9-6-8-18(14-20)16(2)24/h6,8-14H,4-5,7,15H2,1-3H3,(H,22,25). The van der Waals surface area contributed by atoms with E-state index >= 15 is 0 Å². The van der Waals surface area contributed by atoms with E-state index < -0.39 is 15.9 Å². The number of ketones is 1. The molecule has 0 aliphatic rings. The Bertz CT molecular complexity index is 937. The Balaban J connectivity index is 2.13. The van der Waals surface area contributed by atoms with Gasteiger partial charge in [-0.05, 0) is 49.6 Å². The third-order valence-electron chi connectivity index (χ3n) is 4.28. The number of aryl methyl sites for hydroxylation is 1. The van der Waals surface area contributed by atoms with E-state index in [0.717, 1.165) is 29.8 Å². The molecule has 0 radical (unpaired) electrons. The lowest BCUT2D eigenvalue weighted by Gasteiger charge is -2.22. The van der Waals surface area contributed by atoms with Crippen molar-refractivity contribution in [1.29, 1.82) is 0 Å². The molecule has 0 fully saturated rings. The highest BCUT2D eigenvalue weighted by molar-refractivity contribution is 7.92. The van der Waals surface area contributed by atoms with Gasteiger partial charge in [0.05, 0.1) is 11.9 Å². The van der Waals surface area contributed by atoms with Crippen molar-refractivity contribution in [1.82, 2.24) is 0 Å². The monoisotopic (exact) mass is 402 g/mol. The third-order valence-corrected chi connectivity index (χ3v) is 5.43. The van der Waals surface area contributed by atoms with Crippen molar-refractivity contribution in [3.05, 3.63) is 59.7 Å². The van der Waals surface area contributed by atoms with Gasteiger partial charge in [-0.1, -0.05) is 37.6 Å². The molecule has 7 heteroatoms. The van der Waals surface area contributed by atoms with Crippen LogP contribution in [0.5, 0.6) is 0 Å². The van der Waals surface area contributed by atoms with Crippen LogP contribution in [0.2, 0.25) is 0 Å². The minimum absolute atomic E-state index is 0.178. The fraction of sp³-hybridized carbons (Fsp3) is 0.333. The molecule has 0 heterocycles. The Hall–Kier alpha value is -2.67. The van der Waals surface area contributed by atoms with Crippen LogP contribution in [0.1, 0.15) is 42.6 Å². The molecule has 0 aromatic heterocycles. The van der Waals surface area contributed by atoms with Gasteiger partial charge in [0, 0.05) is 11.3 Å². The average molecular weight is 403 g/mol. The highest BCUT2D eigenvalue weighted by Crippen LogP contribution is 2.20. The Labute approximate surface area is 166 Å². The molecule has 2 rings (SSSR count). The van der Waals surface area contributed by atoms with Gasteiger partial charge in [-0.25, -0.2) is 8.42 Å². The van der Waals surface area contributed by atoms with Crippen molar-refractivity contribution in [2.75, 3.05) is 22.4 Å². The largest absolute Gasteiger partial charge is 0.325 e. The first-order chi connectivity index (χ1) is 13.2. The number of nitrogens with one attached hydrogen (secondary N) is 1. The fourth-order valence-corrected chi connectivity index (χ4v) is 3.59. The van der Waals surface area contributed by atoms with E-state index in [2.05, 4.69) is 12.2 Å². The van der Waals surface area contributed by atoms with Gasteiger partial charge in [-0.15, -0.1) is 0 Å². The summed E-state index contributed by atoms with van der Waals surface area (Å²) in [7, 11) is -3.70. The molecule has 28 heavy (non-hydrogen) atoms. The van der Waals surface area contributed by atoms with Crippen LogP contribution in [0.15, 0.2) is 48.5 Å². The van der Waals surface area contributed by atoms with Gasteiger partial charge in [-0.3, -0.25) is 13.9 Å². The van der Waals surface area contributed by atoms with Crippen LogP contribution in [-0.4, -0.2) is 32.9 Å². The zero-order valence-corrected chi connectivity index (χ0v) is 17.3. The molecule has 150 valence electrons. The second kappa shape index (κ2) is 9.50. The number of benzene rings is 2. The second-order valence-electron chi connectivity index (χ2n) is 6.72. The predicted octanol–water partition coefficient (Wildman–Crippen LogP) is 3.64. The maximum atomic E-state index is 12.4. The van der Waals surface area contributed by atoms with Crippen molar-refractivity contribution in [2.45, 2.75) is 33.1 Å². The van der Waals surface area contributed by atoms with E-state index in [1.165, 1.54) is 18.6 Å². The van der Waals surface area contributed by atoms with Crippen molar-refractivity contribution in [2.24, 2.45) is 0 Å². The average Bonchev–Trinajstić information content (AvgIpc) is 2.64. The first-order valence-corrected chi connectivity index (χ1v) is 11.0. The molecular formula is C21H26N2O4S. The molecule has 2 aromatic carbocycles. The second-order valence-corrected chi connectivity index (χ2v) is 8.63. The van der Waals surface area contributed by atoms with E-state index in [4.69, 9.17) is 0 Å². The summed E-state index contributed by atoms with van der Waals surface area (Å²) in [6.45, 7) is 3.16. The van der Waals surface area contributed by atoms with Crippen LogP contribution in [0, 0.1) is 0 Å². The molecule has 2 aromatic rings. The predicted molar refractivity (Wildman–Crippen MR) is 112 cm³/mol. The minimum atomic E-state index is -3.70. The molecule has 0 bridgehead atoms. The number of nitrogens with zero attached hydrogens (tertiary/aromatic N) is 1. The van der Waals surface area contributed by atoms with Gasteiger partial charge >= 0.3 is 0 Å². The van der Waals surface area contributed by atoms with Crippen LogP contribution in [0.4, 0.5) is 11.4 Å². The summed E-state index contributed by atoms with van der Waals surface area (Å²) >= 11 is 0. The maximum Gasteiger partial charge on any atom is 0.245 e. The number of Topliss-reactive ketones (excluding diaryl/α,β-unsaturated/α-hetero) is 1. The van der Waals surface area contributed by atoms with Crippen molar-refractivity contribution in [3.63, 3.8) is 0 Å². The van der Waals surface area contributed by atoms with Crippen molar-refractivity contribution in [3.8, 4) is 0 Å². The smallest absolute Gasteiger partial charge is 0.245 e. The van der Waals surface area contributed by atoms with Crippen LogP contribution >= 0.6 is 0 Å². The van der Waals surface area contributed by atoms with E-state index in [0.29, 0.717) is 11.3 Å². The zero-order chi connectivity index (χ0) is 20.7. The molecular weight excluding hydrogens is 376 g/mol. The minimum Gasteiger partial charge on any atom is -0.325 e. The molecule has 0 aliphatic heterocycles. The molecule has 0 saturated heterocycles. The van der Waals surface area contributed by atoms with Crippen molar-refractivity contribution >= 4 is 33.1 Å². The summed E-state index contributed by atoms with van der Waals surface area (Å²) in [5.41, 5.74) is 2.46. The molecule has 1 N–H and O–H groups in total. The first-order valence-electron chi connectivity index (χ1n) is 9.18. The van der Waals surface area contributed by atoms with Gasteiger partial charge in [0.2, 0.25) is 15.9 Å². The highest BCUT2D eigenvalue weighted by atomic mass is 32.2. The Morgan fingerprint density at radius 3 is 2.32 bits per heavy atom. The summed E-state index contributed by atoms with van der Waals surface area (Å²) < 4.78 is 25.4. The summed E-state index contributed by atoms with van der Waals surface area (Å²) in [6, 6.07) is 13.8. The van der Waals surface area contributed by atoms with E-state index in [9.17, 15) is 18.0 Å². The molecule has 0 unspecified atom stereocenters. The lowest BCUT2D eigenvalue weighted by molar-refractivity contribution is -0.114. The van der Waals surface area contributed by atoms with Crippen molar-refractivity contribution < 1.29 is 18.0 Å². The Morgan fingerprint density at radius 2 is 1.75 bits per heavy atom. The van der Waals surface area contributed by atoms with Crippen LogP contribution in [0.3, 0.4) is 0 Å². The van der Waals surface area contributed by atoms with Gasteiger partial charge in [0.15, 0.2) is 5.78 Å². The summed E-state index contributed by atoms with van der Waals surface area (Å²) in [4.78, 5) is 24.0. The first kappa shape index (κ1) is 21.6. The molecule has 6 nitrogen and oxygen atoms in total. The number of anilines is 2. The zero-order valence-electron chi connectivity index (χ0n) is 16.4. The normalized spacial score (nSPS) is 11.1. The number of amides is 1. The van der Waals surface area contributed by atoms with E-state index in [-0.39, 0.29) is 18.0 Å².